The van der Waals surface area contributed by atoms with Crippen LogP contribution in [-0.2, 0) is 4.74 Å². The topological polar surface area (TPSA) is 32.8 Å². The molecule has 0 saturated carbocycles. The molecule has 0 N–H and O–H groups in total. The van der Waals surface area contributed by atoms with E-state index in [-0.39, 0.29) is 6.03 Å². The summed E-state index contributed by atoms with van der Waals surface area (Å²) in [5.74, 6) is 0. The van der Waals surface area contributed by atoms with E-state index in [4.69, 9.17) is 4.74 Å². The Morgan fingerprint density at radius 2 is 1.71 bits per heavy atom. The zero-order chi connectivity index (χ0) is 9.60. The highest BCUT2D eigenvalue weighted by molar-refractivity contribution is 5.75. The van der Waals surface area contributed by atoms with Gasteiger partial charge in [-0.05, 0) is 12.8 Å². The number of carbonyl (C=O) groups excluding carboxylic acids is 1. The molecule has 1 spiro atoms. The molecule has 0 aliphatic carbocycles. The van der Waals surface area contributed by atoms with Gasteiger partial charge >= 0.3 is 6.03 Å². The minimum atomic E-state index is 0.250. The summed E-state index contributed by atoms with van der Waals surface area (Å²) >= 11 is 0. The number of carbonyl (C=O) groups is 1. The summed E-state index contributed by atoms with van der Waals surface area (Å²) in [6.07, 6.45) is 2.35. The molecule has 4 heteroatoms. The maximum Gasteiger partial charge on any atom is 0.320 e. The zero-order valence-electron chi connectivity index (χ0n) is 8.37. The quantitative estimate of drug-likeness (QED) is 0.566. The van der Waals surface area contributed by atoms with Gasteiger partial charge in [0.25, 0.3) is 0 Å². The molecule has 3 aliphatic heterocycles. The highest BCUT2D eigenvalue weighted by atomic mass is 16.5. The van der Waals surface area contributed by atoms with E-state index < -0.39 is 0 Å². The van der Waals surface area contributed by atoms with Gasteiger partial charge < -0.3 is 14.5 Å². The van der Waals surface area contributed by atoms with Crippen molar-refractivity contribution in [3.05, 3.63) is 0 Å². The standard InChI is InChI=1S/C10H16N2O2/c13-9(11-3-1-2-4-11)12-5-10(6-12)7-14-8-10/h1-8H2. The normalized spacial score (nSPS) is 28.9. The average molecular weight is 196 g/mol. The highest BCUT2D eigenvalue weighted by Gasteiger charge is 2.51. The van der Waals surface area contributed by atoms with Crippen LogP contribution in [0.15, 0.2) is 0 Å². The van der Waals surface area contributed by atoms with Gasteiger partial charge in [0.15, 0.2) is 0 Å². The lowest BCUT2D eigenvalue weighted by Crippen LogP contribution is -2.68. The van der Waals surface area contributed by atoms with Gasteiger partial charge in [-0.15, -0.1) is 0 Å². The second kappa shape index (κ2) is 2.86. The third-order valence-electron chi connectivity index (χ3n) is 3.52. The molecule has 0 aromatic carbocycles. The lowest BCUT2D eigenvalue weighted by Gasteiger charge is -2.55. The third kappa shape index (κ3) is 1.13. The molecule has 4 nitrogen and oxygen atoms in total. The van der Waals surface area contributed by atoms with Gasteiger partial charge in [-0.25, -0.2) is 4.79 Å². The molecular formula is C10H16N2O2. The number of nitrogens with zero attached hydrogens (tertiary/aromatic N) is 2. The van der Waals surface area contributed by atoms with Crippen molar-refractivity contribution in [2.75, 3.05) is 39.4 Å². The minimum absolute atomic E-state index is 0.250. The van der Waals surface area contributed by atoms with Crippen molar-refractivity contribution in [2.24, 2.45) is 5.41 Å². The molecule has 0 bridgehead atoms. The van der Waals surface area contributed by atoms with Crippen molar-refractivity contribution in [3.63, 3.8) is 0 Å². The molecule has 3 aliphatic rings. The van der Waals surface area contributed by atoms with Crippen LogP contribution in [0.5, 0.6) is 0 Å². The van der Waals surface area contributed by atoms with Gasteiger partial charge in [-0.2, -0.15) is 0 Å². The Morgan fingerprint density at radius 3 is 2.21 bits per heavy atom. The molecule has 78 valence electrons. The third-order valence-corrected chi connectivity index (χ3v) is 3.52. The van der Waals surface area contributed by atoms with Crippen molar-refractivity contribution >= 4 is 6.03 Å². The Bertz CT molecular complexity index is 249. The molecule has 3 saturated heterocycles. The van der Waals surface area contributed by atoms with Crippen molar-refractivity contribution in [3.8, 4) is 0 Å². The Morgan fingerprint density at radius 1 is 1.07 bits per heavy atom. The molecule has 14 heavy (non-hydrogen) atoms. The highest BCUT2D eigenvalue weighted by Crippen LogP contribution is 2.38. The smallest absolute Gasteiger partial charge is 0.320 e. The number of likely N-dealkylation sites (tertiary alicyclic amines) is 2. The number of hydrogen-bond acceptors (Lipinski definition) is 2. The molecule has 0 aromatic heterocycles. The first-order valence-electron chi connectivity index (χ1n) is 5.41. The number of hydrogen-bond donors (Lipinski definition) is 0. The molecule has 0 unspecified atom stereocenters. The monoisotopic (exact) mass is 196 g/mol. The summed E-state index contributed by atoms with van der Waals surface area (Å²) in [5, 5.41) is 0. The van der Waals surface area contributed by atoms with E-state index in [0.717, 1.165) is 39.4 Å². The van der Waals surface area contributed by atoms with E-state index in [0.29, 0.717) is 5.41 Å². The van der Waals surface area contributed by atoms with Crippen LogP contribution in [0.2, 0.25) is 0 Å². The Balaban J connectivity index is 1.54. The fourth-order valence-electron chi connectivity index (χ4n) is 2.58. The van der Waals surface area contributed by atoms with Gasteiger partial charge in [0, 0.05) is 26.2 Å². The number of rotatable bonds is 0. The second-order valence-electron chi connectivity index (χ2n) is 4.83. The molecule has 3 heterocycles. The summed E-state index contributed by atoms with van der Waals surface area (Å²) < 4.78 is 5.18. The summed E-state index contributed by atoms with van der Waals surface area (Å²) in [6.45, 7) is 5.47. The molecule has 0 atom stereocenters. The predicted molar refractivity (Wildman–Crippen MR) is 51.0 cm³/mol. The van der Waals surface area contributed by atoms with Crippen LogP contribution >= 0.6 is 0 Å². The number of urea groups is 1. The van der Waals surface area contributed by atoms with Crippen molar-refractivity contribution < 1.29 is 9.53 Å². The SMILES string of the molecule is O=C(N1CCCC1)N1CC2(COC2)C1. The average Bonchev–Trinajstić information content (AvgIpc) is 2.49. The van der Waals surface area contributed by atoms with Crippen molar-refractivity contribution in [1.82, 2.24) is 9.80 Å². The molecule has 0 radical (unpaired) electrons. The van der Waals surface area contributed by atoms with Gasteiger partial charge in [0.05, 0.1) is 18.6 Å². The van der Waals surface area contributed by atoms with Gasteiger partial charge in [-0.3, -0.25) is 0 Å². The van der Waals surface area contributed by atoms with E-state index in [1.165, 1.54) is 12.8 Å². The maximum absolute atomic E-state index is 11.9. The van der Waals surface area contributed by atoms with Crippen LogP contribution in [0.1, 0.15) is 12.8 Å². The molecule has 3 fully saturated rings. The molecular weight excluding hydrogens is 180 g/mol. The Hall–Kier alpha value is -0.770. The van der Waals surface area contributed by atoms with Crippen LogP contribution in [-0.4, -0.2) is 55.2 Å². The van der Waals surface area contributed by atoms with Crippen molar-refractivity contribution in [2.45, 2.75) is 12.8 Å². The molecule has 3 rings (SSSR count). The van der Waals surface area contributed by atoms with Crippen LogP contribution < -0.4 is 0 Å². The first kappa shape index (κ1) is 8.53. The Kier molecular flexibility index (Phi) is 1.74. The fourth-order valence-corrected chi connectivity index (χ4v) is 2.58. The Labute approximate surface area is 83.8 Å². The fraction of sp³-hybridized carbons (Fsp3) is 0.900. The van der Waals surface area contributed by atoms with E-state index in [2.05, 4.69) is 0 Å². The van der Waals surface area contributed by atoms with Crippen LogP contribution in [0.3, 0.4) is 0 Å². The van der Waals surface area contributed by atoms with Crippen molar-refractivity contribution in [1.29, 1.82) is 0 Å². The second-order valence-corrected chi connectivity index (χ2v) is 4.83. The lowest BCUT2D eigenvalue weighted by atomic mass is 9.78. The zero-order valence-corrected chi connectivity index (χ0v) is 8.37. The number of amides is 2. The summed E-state index contributed by atoms with van der Waals surface area (Å²) in [6, 6.07) is 0.250. The minimum Gasteiger partial charge on any atom is -0.380 e. The van der Waals surface area contributed by atoms with Crippen LogP contribution in [0, 0.1) is 5.41 Å². The molecule has 2 amide bonds. The maximum atomic E-state index is 11.9. The van der Waals surface area contributed by atoms with Gasteiger partial charge in [0.2, 0.25) is 0 Å². The van der Waals surface area contributed by atoms with E-state index in [9.17, 15) is 4.79 Å². The van der Waals surface area contributed by atoms with E-state index in [1.54, 1.807) is 0 Å². The van der Waals surface area contributed by atoms with Gasteiger partial charge in [0.1, 0.15) is 0 Å². The van der Waals surface area contributed by atoms with E-state index >= 15 is 0 Å². The van der Waals surface area contributed by atoms with E-state index in [1.807, 2.05) is 9.80 Å². The lowest BCUT2D eigenvalue weighted by molar-refractivity contribution is -0.177. The van der Waals surface area contributed by atoms with Crippen LogP contribution in [0.25, 0.3) is 0 Å². The summed E-state index contributed by atoms with van der Waals surface area (Å²) in [5.41, 5.74) is 0.357. The molecule has 0 aromatic rings. The van der Waals surface area contributed by atoms with Crippen LogP contribution in [0.4, 0.5) is 4.79 Å². The number of ether oxygens (including phenoxy) is 1. The summed E-state index contributed by atoms with van der Waals surface area (Å²) in [7, 11) is 0. The largest absolute Gasteiger partial charge is 0.380 e. The summed E-state index contributed by atoms with van der Waals surface area (Å²) in [4.78, 5) is 15.8. The first-order valence-corrected chi connectivity index (χ1v) is 5.41. The first-order chi connectivity index (χ1) is 6.79. The predicted octanol–water partition coefficient (Wildman–Crippen LogP) is 0.534. The van der Waals surface area contributed by atoms with Gasteiger partial charge in [-0.1, -0.05) is 0 Å².